The summed E-state index contributed by atoms with van der Waals surface area (Å²) >= 11 is 0. The van der Waals surface area contributed by atoms with E-state index in [1.807, 2.05) is 17.9 Å². The molecule has 3 N–H and O–H groups in total. The molecule has 4 amide bonds. The molecule has 29 heavy (non-hydrogen) atoms. The number of carbonyl (C=O) groups is 3. The number of nitrogens with zero attached hydrogens (tertiary/aromatic N) is 1. The van der Waals surface area contributed by atoms with Gasteiger partial charge < -0.3 is 20.9 Å². The Kier molecular flexibility index (Phi) is 7.12. The third-order valence-corrected chi connectivity index (χ3v) is 5.90. The highest BCUT2D eigenvalue weighted by Crippen LogP contribution is 2.26. The van der Waals surface area contributed by atoms with E-state index in [9.17, 15) is 14.4 Å². The quantitative estimate of drug-likeness (QED) is 0.721. The normalized spacial score (nSPS) is 18.2. The van der Waals surface area contributed by atoms with Crippen molar-refractivity contribution in [3.05, 3.63) is 23.8 Å². The average Bonchev–Trinajstić information content (AvgIpc) is 2.71. The summed E-state index contributed by atoms with van der Waals surface area (Å²) in [5, 5.41) is 8.61. The Labute approximate surface area is 172 Å². The zero-order chi connectivity index (χ0) is 20.8. The number of nitrogens with one attached hydrogen (secondary N) is 3. The van der Waals surface area contributed by atoms with Gasteiger partial charge in [-0.25, -0.2) is 4.79 Å². The molecule has 1 saturated heterocycles. The zero-order valence-corrected chi connectivity index (χ0v) is 17.4. The minimum atomic E-state index is -0.259. The number of aryl methyl sites for hydroxylation is 1. The summed E-state index contributed by atoms with van der Waals surface area (Å²) in [5.41, 5.74) is 2.23. The first-order chi connectivity index (χ1) is 13.9. The Bertz CT molecular complexity index is 750. The largest absolute Gasteiger partial charge is 0.342 e. The average molecular weight is 401 g/mol. The van der Waals surface area contributed by atoms with Crippen LogP contribution in [0, 0.1) is 12.8 Å². The molecular formula is C22H32N4O3. The Morgan fingerprint density at radius 3 is 2.31 bits per heavy atom. The van der Waals surface area contributed by atoms with Gasteiger partial charge in [0.15, 0.2) is 0 Å². The van der Waals surface area contributed by atoms with Crippen LogP contribution in [0.1, 0.15) is 57.4 Å². The fourth-order valence-corrected chi connectivity index (χ4v) is 4.23. The Morgan fingerprint density at radius 1 is 0.966 bits per heavy atom. The van der Waals surface area contributed by atoms with Crippen molar-refractivity contribution in [1.82, 2.24) is 10.2 Å². The highest BCUT2D eigenvalue weighted by molar-refractivity contribution is 5.93. The van der Waals surface area contributed by atoms with E-state index in [2.05, 4.69) is 16.0 Å². The topological polar surface area (TPSA) is 90.5 Å². The van der Waals surface area contributed by atoms with E-state index < -0.39 is 0 Å². The maximum atomic E-state index is 12.7. The zero-order valence-electron chi connectivity index (χ0n) is 17.4. The van der Waals surface area contributed by atoms with Crippen LogP contribution in [0.3, 0.4) is 0 Å². The number of carbonyl (C=O) groups excluding carboxylic acids is 3. The van der Waals surface area contributed by atoms with Gasteiger partial charge in [-0.15, -0.1) is 0 Å². The molecule has 0 unspecified atom stereocenters. The molecule has 1 aliphatic carbocycles. The number of likely N-dealkylation sites (tertiary alicyclic amines) is 1. The van der Waals surface area contributed by atoms with Gasteiger partial charge in [-0.05, 0) is 50.3 Å². The van der Waals surface area contributed by atoms with E-state index in [1.165, 1.54) is 13.3 Å². The molecule has 2 fully saturated rings. The third kappa shape index (κ3) is 5.95. The smallest absolute Gasteiger partial charge is 0.319 e. The van der Waals surface area contributed by atoms with E-state index in [1.54, 1.807) is 12.1 Å². The lowest BCUT2D eigenvalue weighted by Crippen LogP contribution is -2.49. The molecule has 0 atom stereocenters. The molecule has 1 aliphatic heterocycles. The molecule has 0 bridgehead atoms. The maximum Gasteiger partial charge on any atom is 0.319 e. The van der Waals surface area contributed by atoms with Crippen molar-refractivity contribution >= 4 is 29.2 Å². The van der Waals surface area contributed by atoms with Crippen molar-refractivity contribution in [1.29, 1.82) is 0 Å². The van der Waals surface area contributed by atoms with Gasteiger partial charge in [0, 0.05) is 43.3 Å². The molecule has 7 heteroatoms. The summed E-state index contributed by atoms with van der Waals surface area (Å²) in [6, 6.07) is 5.21. The van der Waals surface area contributed by atoms with Crippen LogP contribution in [0.5, 0.6) is 0 Å². The summed E-state index contributed by atoms with van der Waals surface area (Å²) in [4.78, 5) is 38.3. The SMILES string of the molecule is CC(=O)Nc1ccc(C)c(NC(=O)NC2CCN(C(=O)C3CCCCC3)CC2)c1. The van der Waals surface area contributed by atoms with Crippen LogP contribution in [-0.2, 0) is 9.59 Å². The number of piperidine rings is 1. The van der Waals surface area contributed by atoms with Gasteiger partial charge in [-0.1, -0.05) is 25.3 Å². The van der Waals surface area contributed by atoms with Crippen LogP contribution in [0.4, 0.5) is 16.2 Å². The number of amides is 4. The van der Waals surface area contributed by atoms with Crippen LogP contribution in [0.2, 0.25) is 0 Å². The number of urea groups is 1. The second-order valence-corrected chi connectivity index (χ2v) is 8.24. The molecule has 1 saturated carbocycles. The van der Waals surface area contributed by atoms with Gasteiger partial charge in [0.1, 0.15) is 0 Å². The predicted molar refractivity (Wildman–Crippen MR) is 114 cm³/mol. The molecule has 0 spiro atoms. The first kappa shape index (κ1) is 21.1. The van der Waals surface area contributed by atoms with Crippen molar-refractivity contribution in [2.24, 2.45) is 5.92 Å². The molecule has 0 aromatic heterocycles. The van der Waals surface area contributed by atoms with Crippen molar-refractivity contribution in [2.45, 2.75) is 64.8 Å². The Balaban J connectivity index is 1.47. The lowest BCUT2D eigenvalue weighted by Gasteiger charge is -2.35. The third-order valence-electron chi connectivity index (χ3n) is 5.90. The molecule has 3 rings (SSSR count). The highest BCUT2D eigenvalue weighted by atomic mass is 16.2. The Morgan fingerprint density at radius 2 is 1.66 bits per heavy atom. The predicted octanol–water partition coefficient (Wildman–Crippen LogP) is 3.65. The first-order valence-corrected chi connectivity index (χ1v) is 10.7. The van der Waals surface area contributed by atoms with Gasteiger partial charge >= 0.3 is 6.03 Å². The van der Waals surface area contributed by atoms with E-state index in [4.69, 9.17) is 0 Å². The number of rotatable bonds is 4. The first-order valence-electron chi connectivity index (χ1n) is 10.7. The molecule has 1 aromatic rings. The molecule has 2 aliphatic rings. The lowest BCUT2D eigenvalue weighted by molar-refractivity contribution is -0.137. The van der Waals surface area contributed by atoms with Crippen LogP contribution < -0.4 is 16.0 Å². The minimum absolute atomic E-state index is 0.0595. The summed E-state index contributed by atoms with van der Waals surface area (Å²) < 4.78 is 0. The fraction of sp³-hybridized carbons (Fsp3) is 0.591. The summed E-state index contributed by atoms with van der Waals surface area (Å²) in [6.07, 6.45) is 7.17. The standard InChI is InChI=1S/C22H32N4O3/c1-15-8-9-19(23-16(2)27)14-20(15)25-22(29)24-18-10-12-26(13-11-18)21(28)17-6-4-3-5-7-17/h8-9,14,17-18H,3-7,10-13H2,1-2H3,(H,23,27)(H2,24,25,29). The van der Waals surface area contributed by atoms with Crippen LogP contribution in [0.15, 0.2) is 18.2 Å². The second kappa shape index (κ2) is 9.76. The lowest BCUT2D eigenvalue weighted by atomic mass is 9.87. The van der Waals surface area contributed by atoms with E-state index in [0.29, 0.717) is 30.4 Å². The van der Waals surface area contributed by atoms with Crippen LogP contribution in [-0.4, -0.2) is 41.9 Å². The van der Waals surface area contributed by atoms with Crippen molar-refractivity contribution in [3.63, 3.8) is 0 Å². The van der Waals surface area contributed by atoms with Crippen LogP contribution in [0.25, 0.3) is 0 Å². The number of anilines is 2. The van der Waals surface area contributed by atoms with E-state index >= 15 is 0 Å². The number of hydrogen-bond acceptors (Lipinski definition) is 3. The van der Waals surface area contributed by atoms with Crippen molar-refractivity contribution in [3.8, 4) is 0 Å². The maximum absolute atomic E-state index is 12.7. The van der Waals surface area contributed by atoms with Gasteiger partial charge in [-0.2, -0.15) is 0 Å². The number of benzene rings is 1. The Hall–Kier alpha value is -2.57. The summed E-state index contributed by atoms with van der Waals surface area (Å²) in [5.74, 6) is 0.354. The van der Waals surface area contributed by atoms with Gasteiger partial charge in [0.25, 0.3) is 0 Å². The van der Waals surface area contributed by atoms with Crippen molar-refractivity contribution < 1.29 is 14.4 Å². The van der Waals surface area contributed by atoms with Gasteiger partial charge in [-0.3, -0.25) is 9.59 Å². The van der Waals surface area contributed by atoms with Crippen molar-refractivity contribution in [2.75, 3.05) is 23.7 Å². The second-order valence-electron chi connectivity index (χ2n) is 8.24. The van der Waals surface area contributed by atoms with Gasteiger partial charge in [0.05, 0.1) is 0 Å². The summed E-state index contributed by atoms with van der Waals surface area (Å²) in [7, 11) is 0. The minimum Gasteiger partial charge on any atom is -0.342 e. The van der Waals surface area contributed by atoms with Crippen LogP contribution >= 0.6 is 0 Å². The highest BCUT2D eigenvalue weighted by Gasteiger charge is 2.29. The monoisotopic (exact) mass is 400 g/mol. The van der Waals surface area contributed by atoms with E-state index in [-0.39, 0.29) is 23.9 Å². The van der Waals surface area contributed by atoms with Gasteiger partial charge in [0.2, 0.25) is 11.8 Å². The molecule has 158 valence electrons. The molecule has 0 radical (unpaired) electrons. The number of hydrogen-bond donors (Lipinski definition) is 3. The molecule has 7 nitrogen and oxygen atoms in total. The molecular weight excluding hydrogens is 368 g/mol. The fourth-order valence-electron chi connectivity index (χ4n) is 4.23. The molecule has 1 aromatic carbocycles. The molecule has 1 heterocycles. The summed E-state index contributed by atoms with van der Waals surface area (Å²) in [6.45, 7) is 4.77. The van der Waals surface area contributed by atoms with E-state index in [0.717, 1.165) is 44.1 Å².